The highest BCUT2D eigenvalue weighted by atomic mass is 16.5. The van der Waals surface area contributed by atoms with Crippen molar-refractivity contribution in [2.24, 2.45) is 0 Å². The zero-order chi connectivity index (χ0) is 15.9. The number of carbonyl (C=O) groups excluding carboxylic acids is 1. The molecule has 116 valence electrons. The molecule has 0 aliphatic rings. The maximum atomic E-state index is 11.9. The largest absolute Gasteiger partial charge is 0.497 e. The van der Waals surface area contributed by atoms with Crippen molar-refractivity contribution < 1.29 is 19.0 Å². The Labute approximate surface area is 128 Å². The fourth-order valence-corrected chi connectivity index (χ4v) is 1.85. The van der Waals surface area contributed by atoms with Crippen molar-refractivity contribution in [2.45, 2.75) is 0 Å². The minimum Gasteiger partial charge on any atom is -0.497 e. The molecule has 0 saturated heterocycles. The SMILES string of the molecule is COc1ccc(NC(=O)COc2ccccc2OC)c(N)c1. The number of hydrogen-bond donors (Lipinski definition) is 2. The van der Waals surface area contributed by atoms with Gasteiger partial charge in [-0.2, -0.15) is 0 Å². The summed E-state index contributed by atoms with van der Waals surface area (Å²) in [5, 5.41) is 2.68. The number of anilines is 2. The number of amides is 1. The second-order valence-corrected chi connectivity index (χ2v) is 4.44. The maximum absolute atomic E-state index is 11.9. The van der Waals surface area contributed by atoms with Gasteiger partial charge < -0.3 is 25.3 Å². The molecule has 22 heavy (non-hydrogen) atoms. The van der Waals surface area contributed by atoms with Crippen molar-refractivity contribution >= 4 is 17.3 Å². The number of carbonyl (C=O) groups is 1. The van der Waals surface area contributed by atoms with E-state index in [1.54, 1.807) is 50.6 Å². The van der Waals surface area contributed by atoms with Gasteiger partial charge in [0.25, 0.3) is 5.91 Å². The van der Waals surface area contributed by atoms with Gasteiger partial charge in [-0.3, -0.25) is 4.79 Å². The Bertz CT molecular complexity index is 658. The predicted molar refractivity (Wildman–Crippen MR) is 84.5 cm³/mol. The van der Waals surface area contributed by atoms with Gasteiger partial charge in [-0.15, -0.1) is 0 Å². The summed E-state index contributed by atoms with van der Waals surface area (Å²) in [5.41, 5.74) is 6.77. The zero-order valence-electron chi connectivity index (χ0n) is 12.5. The normalized spacial score (nSPS) is 9.91. The molecule has 0 aliphatic heterocycles. The first kappa shape index (κ1) is 15.5. The Balaban J connectivity index is 1.96. The van der Waals surface area contributed by atoms with E-state index in [1.807, 2.05) is 6.07 Å². The smallest absolute Gasteiger partial charge is 0.262 e. The Morgan fingerprint density at radius 1 is 1.09 bits per heavy atom. The standard InChI is InChI=1S/C16H18N2O4/c1-20-11-7-8-13(12(17)9-11)18-16(19)10-22-15-6-4-3-5-14(15)21-2/h3-9H,10,17H2,1-2H3,(H,18,19). The molecule has 0 aliphatic carbocycles. The Morgan fingerprint density at radius 3 is 2.45 bits per heavy atom. The molecule has 6 nitrogen and oxygen atoms in total. The number of rotatable bonds is 6. The lowest BCUT2D eigenvalue weighted by atomic mass is 10.2. The van der Waals surface area contributed by atoms with E-state index in [1.165, 1.54) is 0 Å². The Hall–Kier alpha value is -2.89. The molecule has 0 radical (unpaired) electrons. The van der Waals surface area contributed by atoms with Crippen LogP contribution >= 0.6 is 0 Å². The zero-order valence-corrected chi connectivity index (χ0v) is 12.5. The molecule has 0 spiro atoms. The number of nitrogens with two attached hydrogens (primary N) is 1. The minimum atomic E-state index is -0.317. The number of nitrogen functional groups attached to an aromatic ring is 1. The summed E-state index contributed by atoms with van der Waals surface area (Å²) >= 11 is 0. The van der Waals surface area contributed by atoms with Crippen molar-refractivity contribution in [3.8, 4) is 17.2 Å². The van der Waals surface area contributed by atoms with Gasteiger partial charge in [0.15, 0.2) is 18.1 Å². The van der Waals surface area contributed by atoms with Crippen LogP contribution in [0.25, 0.3) is 0 Å². The van der Waals surface area contributed by atoms with Crippen LogP contribution in [0.15, 0.2) is 42.5 Å². The highest BCUT2D eigenvalue weighted by molar-refractivity contribution is 5.95. The van der Waals surface area contributed by atoms with E-state index in [0.29, 0.717) is 28.6 Å². The van der Waals surface area contributed by atoms with Crippen LogP contribution < -0.4 is 25.3 Å². The van der Waals surface area contributed by atoms with Gasteiger partial charge >= 0.3 is 0 Å². The summed E-state index contributed by atoms with van der Waals surface area (Å²) in [5.74, 6) is 1.38. The monoisotopic (exact) mass is 302 g/mol. The lowest BCUT2D eigenvalue weighted by Crippen LogP contribution is -2.21. The topological polar surface area (TPSA) is 82.8 Å². The van der Waals surface area contributed by atoms with Gasteiger partial charge in [0, 0.05) is 6.07 Å². The van der Waals surface area contributed by atoms with Gasteiger partial charge in [0.05, 0.1) is 25.6 Å². The van der Waals surface area contributed by atoms with Gasteiger partial charge in [0.2, 0.25) is 0 Å². The number of ether oxygens (including phenoxy) is 3. The summed E-state index contributed by atoms with van der Waals surface area (Å²) in [6.07, 6.45) is 0. The molecule has 0 unspecified atom stereocenters. The van der Waals surface area contributed by atoms with Gasteiger partial charge in [-0.25, -0.2) is 0 Å². The summed E-state index contributed by atoms with van der Waals surface area (Å²) in [7, 11) is 3.09. The van der Waals surface area contributed by atoms with Gasteiger partial charge in [0.1, 0.15) is 5.75 Å². The first-order valence-corrected chi connectivity index (χ1v) is 6.63. The molecule has 2 rings (SSSR count). The Kier molecular flexibility index (Phi) is 5.08. The lowest BCUT2D eigenvalue weighted by molar-refractivity contribution is -0.118. The molecule has 2 aromatic rings. The molecule has 0 saturated carbocycles. The fourth-order valence-electron chi connectivity index (χ4n) is 1.85. The number of para-hydroxylation sites is 2. The first-order chi connectivity index (χ1) is 10.6. The highest BCUT2D eigenvalue weighted by Crippen LogP contribution is 2.26. The molecule has 0 heterocycles. The first-order valence-electron chi connectivity index (χ1n) is 6.63. The third kappa shape index (κ3) is 3.82. The van der Waals surface area contributed by atoms with Crippen LogP contribution in [-0.4, -0.2) is 26.7 Å². The molecule has 0 atom stereocenters. The van der Waals surface area contributed by atoms with Crippen molar-refractivity contribution in [3.63, 3.8) is 0 Å². The molecule has 0 aromatic heterocycles. The maximum Gasteiger partial charge on any atom is 0.262 e. The summed E-state index contributed by atoms with van der Waals surface area (Å²) in [4.78, 5) is 11.9. The quantitative estimate of drug-likeness (QED) is 0.800. The van der Waals surface area contributed by atoms with Crippen molar-refractivity contribution in [1.82, 2.24) is 0 Å². The summed E-state index contributed by atoms with van der Waals surface area (Å²) < 4.78 is 15.6. The van der Waals surface area contributed by atoms with E-state index in [2.05, 4.69) is 5.32 Å². The average molecular weight is 302 g/mol. The van der Waals surface area contributed by atoms with E-state index in [4.69, 9.17) is 19.9 Å². The van der Waals surface area contributed by atoms with E-state index in [0.717, 1.165) is 0 Å². The molecule has 1 amide bonds. The predicted octanol–water partition coefficient (Wildman–Crippen LogP) is 2.30. The van der Waals surface area contributed by atoms with Crippen LogP contribution in [-0.2, 0) is 4.79 Å². The van der Waals surface area contributed by atoms with E-state index >= 15 is 0 Å². The second kappa shape index (κ2) is 7.21. The third-order valence-electron chi connectivity index (χ3n) is 2.96. The molecule has 2 aromatic carbocycles. The number of benzene rings is 2. The average Bonchev–Trinajstić information content (AvgIpc) is 2.55. The van der Waals surface area contributed by atoms with E-state index < -0.39 is 0 Å². The van der Waals surface area contributed by atoms with Crippen LogP contribution in [0.3, 0.4) is 0 Å². The molecule has 0 fully saturated rings. The van der Waals surface area contributed by atoms with Crippen molar-refractivity contribution in [2.75, 3.05) is 31.9 Å². The second-order valence-electron chi connectivity index (χ2n) is 4.44. The molecule has 0 bridgehead atoms. The lowest BCUT2D eigenvalue weighted by Gasteiger charge is -2.12. The van der Waals surface area contributed by atoms with E-state index in [-0.39, 0.29) is 12.5 Å². The minimum absolute atomic E-state index is 0.147. The molecule has 6 heteroatoms. The third-order valence-corrected chi connectivity index (χ3v) is 2.96. The van der Waals surface area contributed by atoms with Crippen molar-refractivity contribution in [3.05, 3.63) is 42.5 Å². The van der Waals surface area contributed by atoms with Crippen LogP contribution in [0.1, 0.15) is 0 Å². The Morgan fingerprint density at radius 2 is 1.82 bits per heavy atom. The van der Waals surface area contributed by atoms with Crippen molar-refractivity contribution in [1.29, 1.82) is 0 Å². The summed E-state index contributed by atoms with van der Waals surface area (Å²) in [6.45, 7) is -0.147. The highest BCUT2D eigenvalue weighted by Gasteiger charge is 2.09. The number of methoxy groups -OCH3 is 2. The van der Waals surface area contributed by atoms with E-state index in [9.17, 15) is 4.79 Å². The number of nitrogens with one attached hydrogen (secondary N) is 1. The van der Waals surface area contributed by atoms with Crippen LogP contribution in [0, 0.1) is 0 Å². The number of hydrogen-bond acceptors (Lipinski definition) is 5. The molecular weight excluding hydrogens is 284 g/mol. The van der Waals surface area contributed by atoms with Gasteiger partial charge in [-0.05, 0) is 24.3 Å². The molecule has 3 N–H and O–H groups in total. The fraction of sp³-hybridized carbons (Fsp3) is 0.188. The van der Waals surface area contributed by atoms with Crippen LogP contribution in [0.2, 0.25) is 0 Å². The van der Waals surface area contributed by atoms with Crippen LogP contribution in [0.4, 0.5) is 11.4 Å². The van der Waals surface area contributed by atoms with Gasteiger partial charge in [-0.1, -0.05) is 12.1 Å². The molecular formula is C16H18N2O4. The van der Waals surface area contributed by atoms with Crippen LogP contribution in [0.5, 0.6) is 17.2 Å². The summed E-state index contributed by atoms with van der Waals surface area (Å²) in [6, 6.07) is 12.1.